The van der Waals surface area contributed by atoms with Gasteiger partial charge in [0.1, 0.15) is 17.8 Å². The third kappa shape index (κ3) is 11.0. The molecule has 0 radical (unpaired) electrons. The number of nitrogen functional groups attached to an aromatic ring is 1. The molecule has 386 valence electrons. The summed E-state index contributed by atoms with van der Waals surface area (Å²) in [4.78, 5) is 67.8. The Morgan fingerprint density at radius 2 is 1.55 bits per heavy atom. The SMILES string of the molecule is Cc1ncsc1-c1ccc(CNC(=O)[C@@H]2C[C@@H](O)CN2C(=O)[C@@H](NC(=O)CN2CCN(C3CCC(c4cnc(N5C6CCC5CN(c5cc(-c7ccccc7O)nnc5N)C6)nc4)CC3)CC2)C(C)(C)C)cc1. The van der Waals surface area contributed by atoms with Gasteiger partial charge in [-0.25, -0.2) is 15.0 Å². The fourth-order valence-corrected chi connectivity index (χ4v) is 12.6. The summed E-state index contributed by atoms with van der Waals surface area (Å²) in [5, 5.41) is 35.7. The molecule has 18 nitrogen and oxygen atoms in total. The molecule has 2 aromatic carbocycles. The van der Waals surface area contributed by atoms with Crippen LogP contribution in [-0.2, 0) is 20.9 Å². The van der Waals surface area contributed by atoms with Gasteiger partial charge in [0.25, 0.3) is 0 Å². The average molecular weight is 1010 g/mol. The molecule has 3 aromatic heterocycles. The van der Waals surface area contributed by atoms with Gasteiger partial charge in [-0.2, -0.15) is 0 Å². The first-order valence-corrected chi connectivity index (χ1v) is 26.8. The van der Waals surface area contributed by atoms with Gasteiger partial charge in [0.2, 0.25) is 23.7 Å². The van der Waals surface area contributed by atoms with Crippen molar-refractivity contribution in [3.63, 3.8) is 0 Å². The van der Waals surface area contributed by atoms with Gasteiger partial charge in [0, 0.05) is 94.9 Å². The van der Waals surface area contributed by atoms with Crippen molar-refractivity contribution in [3.8, 4) is 27.4 Å². The zero-order chi connectivity index (χ0) is 51.0. The summed E-state index contributed by atoms with van der Waals surface area (Å²) in [6, 6.07) is 16.3. The van der Waals surface area contributed by atoms with E-state index in [2.05, 4.69) is 45.4 Å². The number of aliphatic hydroxyl groups is 1. The summed E-state index contributed by atoms with van der Waals surface area (Å²) in [5.74, 6) is 0.814. The van der Waals surface area contributed by atoms with Crippen molar-refractivity contribution in [3.05, 3.63) is 89.3 Å². The normalized spacial score (nSPS) is 24.2. The molecule has 2 unspecified atom stereocenters. The second-order valence-electron chi connectivity index (χ2n) is 21.8. The third-order valence-electron chi connectivity index (χ3n) is 15.9. The van der Waals surface area contributed by atoms with E-state index in [0.29, 0.717) is 29.0 Å². The fourth-order valence-electron chi connectivity index (χ4n) is 11.8. The van der Waals surface area contributed by atoms with Crippen molar-refractivity contribution in [1.29, 1.82) is 0 Å². The number of nitrogens with two attached hydrogens (primary N) is 1. The van der Waals surface area contributed by atoms with Crippen LogP contribution in [0.1, 0.15) is 88.5 Å². The van der Waals surface area contributed by atoms with Crippen molar-refractivity contribution < 1.29 is 24.6 Å². The number of carbonyl (C=O) groups is 3. The Morgan fingerprint density at radius 3 is 2.21 bits per heavy atom. The van der Waals surface area contributed by atoms with Crippen molar-refractivity contribution in [1.82, 2.24) is 50.5 Å². The molecule has 5 fully saturated rings. The van der Waals surface area contributed by atoms with E-state index >= 15 is 0 Å². The summed E-state index contributed by atoms with van der Waals surface area (Å²) in [6.45, 7) is 13.0. The van der Waals surface area contributed by atoms with E-state index in [1.165, 1.54) is 10.5 Å². The molecule has 1 aliphatic carbocycles. The van der Waals surface area contributed by atoms with Gasteiger partial charge in [0.05, 0.1) is 40.1 Å². The molecule has 73 heavy (non-hydrogen) atoms. The lowest BCUT2D eigenvalue weighted by atomic mass is 9.82. The Morgan fingerprint density at radius 1 is 0.863 bits per heavy atom. The molecule has 7 heterocycles. The minimum absolute atomic E-state index is 0.0286. The second kappa shape index (κ2) is 21.3. The number of phenols is 1. The molecule has 3 amide bonds. The molecule has 5 aromatic rings. The minimum atomic E-state index is -0.878. The quantitative estimate of drug-likeness (QED) is 0.105. The Hall–Kier alpha value is -6.28. The number of rotatable bonds is 13. The number of fused-ring (bicyclic) bond motifs is 2. The number of piperazine rings is 2. The van der Waals surface area contributed by atoms with E-state index in [0.717, 1.165) is 111 Å². The molecule has 6 N–H and O–H groups in total. The smallest absolute Gasteiger partial charge is 0.246 e. The molecule has 4 saturated heterocycles. The van der Waals surface area contributed by atoms with E-state index in [1.54, 1.807) is 23.5 Å². The maximum Gasteiger partial charge on any atom is 0.246 e. The predicted molar refractivity (Wildman–Crippen MR) is 282 cm³/mol. The average Bonchev–Trinajstić information content (AvgIpc) is 4.08. The number of β-amino-alcohol motifs (C(OH)–C–C–N with tert-alkyl or cyclic N) is 1. The van der Waals surface area contributed by atoms with Crippen LogP contribution in [0.2, 0.25) is 0 Å². The van der Waals surface area contributed by atoms with Gasteiger partial charge >= 0.3 is 0 Å². The molecule has 19 heteroatoms. The summed E-state index contributed by atoms with van der Waals surface area (Å²) >= 11 is 1.59. The van der Waals surface area contributed by atoms with E-state index in [9.17, 15) is 24.6 Å². The summed E-state index contributed by atoms with van der Waals surface area (Å²) in [5.41, 5.74) is 13.8. The van der Waals surface area contributed by atoms with Gasteiger partial charge in [0.15, 0.2) is 5.82 Å². The number of thiazole rings is 1. The molecular formula is C54H69N13O5S. The van der Waals surface area contributed by atoms with Gasteiger partial charge in [-0.3, -0.25) is 24.2 Å². The topological polar surface area (TPSA) is 222 Å². The lowest BCUT2D eigenvalue weighted by Crippen LogP contribution is -2.59. The maximum atomic E-state index is 14.3. The predicted octanol–water partition coefficient (Wildman–Crippen LogP) is 4.96. The number of anilines is 3. The molecule has 2 bridgehead atoms. The van der Waals surface area contributed by atoms with E-state index < -0.39 is 23.6 Å². The van der Waals surface area contributed by atoms with E-state index in [-0.39, 0.29) is 61.6 Å². The first-order valence-electron chi connectivity index (χ1n) is 25.9. The first-order chi connectivity index (χ1) is 35.2. The number of carbonyl (C=O) groups excluding carboxylic acids is 3. The van der Waals surface area contributed by atoms with Crippen molar-refractivity contribution in [2.45, 2.75) is 121 Å². The van der Waals surface area contributed by atoms with Crippen LogP contribution in [0.15, 0.2) is 72.5 Å². The second-order valence-corrected chi connectivity index (χ2v) is 22.6. The first kappa shape index (κ1) is 50.3. The lowest BCUT2D eigenvalue weighted by Gasteiger charge is -2.42. The number of nitrogens with zero attached hydrogens (tertiary/aromatic N) is 10. The van der Waals surface area contributed by atoms with Gasteiger partial charge in [-0.15, -0.1) is 21.5 Å². The number of hydrogen-bond acceptors (Lipinski definition) is 16. The Balaban J connectivity index is 0.670. The van der Waals surface area contributed by atoms with E-state index in [1.807, 2.05) is 88.1 Å². The zero-order valence-electron chi connectivity index (χ0n) is 42.4. The molecular weight excluding hydrogens is 943 g/mol. The number of aliphatic hydroxyl groups excluding tert-OH is 1. The van der Waals surface area contributed by atoms with Crippen molar-refractivity contribution in [2.24, 2.45) is 5.41 Å². The molecule has 5 atom stereocenters. The maximum absolute atomic E-state index is 14.3. The van der Waals surface area contributed by atoms with Crippen LogP contribution in [-0.4, -0.2) is 156 Å². The highest BCUT2D eigenvalue weighted by Gasteiger charge is 2.45. The summed E-state index contributed by atoms with van der Waals surface area (Å²) in [6.07, 6.45) is 9.81. The number of benzene rings is 2. The number of nitrogens with one attached hydrogen (secondary N) is 2. The summed E-state index contributed by atoms with van der Waals surface area (Å²) < 4.78 is 0. The molecule has 1 saturated carbocycles. The number of aromatic hydroxyl groups is 1. The van der Waals surface area contributed by atoms with Gasteiger partial charge in [-0.05, 0) is 91.7 Å². The number of aryl methyl sites for hydroxylation is 1. The van der Waals surface area contributed by atoms with Gasteiger partial charge in [-0.1, -0.05) is 57.2 Å². The number of phenolic OH excluding ortho intramolecular Hbond substituents is 1. The standard InChI is InChI=1S/C54H69N13O5S/c1-33-48(73-32-59-33)36-11-9-34(10-12-36)25-56-51(71)45-23-41(68)30-66(45)52(72)49(54(2,3)4)60-47(70)31-63-19-21-64(22-20-63)38-15-13-35(14-16-38)37-26-57-53(58-27-37)67-39-17-18-40(67)29-65(28-39)44-24-43(61-62-50(44)55)42-7-5-6-8-46(42)69/h5-12,24,26-27,32,35,38-41,45,49,68-69H,13-23,25,28-31H2,1-4H3,(H2,55,62)(H,56,71)(H,60,70)/t35?,38?,39?,40?,41-,45+,49-/m1/s1. The fraction of sp³-hybridized carbons (Fsp3) is 0.519. The zero-order valence-corrected chi connectivity index (χ0v) is 43.2. The molecule has 4 aliphatic heterocycles. The molecule has 5 aliphatic rings. The number of aromatic nitrogens is 5. The highest BCUT2D eigenvalue weighted by molar-refractivity contribution is 7.13. The molecule has 0 spiro atoms. The summed E-state index contributed by atoms with van der Waals surface area (Å²) in [7, 11) is 0. The number of hydrogen-bond donors (Lipinski definition) is 5. The van der Waals surface area contributed by atoms with Crippen LogP contribution in [0.25, 0.3) is 21.7 Å². The van der Waals surface area contributed by atoms with Crippen LogP contribution in [0.4, 0.5) is 17.5 Å². The monoisotopic (exact) mass is 1010 g/mol. The van der Waals surface area contributed by atoms with Gasteiger partial charge < -0.3 is 41.3 Å². The van der Waals surface area contributed by atoms with Crippen molar-refractivity contribution in [2.75, 3.05) is 67.9 Å². The number of para-hydroxylation sites is 1. The lowest BCUT2D eigenvalue weighted by molar-refractivity contribution is -0.144. The Bertz CT molecular complexity index is 2740. The van der Waals surface area contributed by atoms with E-state index in [4.69, 9.17) is 15.7 Å². The minimum Gasteiger partial charge on any atom is -0.507 e. The van der Waals surface area contributed by atoms with Crippen LogP contribution >= 0.6 is 11.3 Å². The third-order valence-corrected chi connectivity index (χ3v) is 16.8. The van der Waals surface area contributed by atoms with Crippen LogP contribution in [0, 0.1) is 12.3 Å². The Labute approximate surface area is 431 Å². The van der Waals surface area contributed by atoms with Crippen molar-refractivity contribution >= 4 is 46.5 Å². The van der Waals surface area contributed by atoms with Crippen LogP contribution < -0.4 is 26.2 Å². The highest BCUT2D eigenvalue weighted by atomic mass is 32.1. The Kier molecular flexibility index (Phi) is 14.7. The highest BCUT2D eigenvalue weighted by Crippen LogP contribution is 2.40. The number of likely N-dealkylation sites (tertiary alicyclic amines) is 1. The van der Waals surface area contributed by atoms with Crippen LogP contribution in [0.5, 0.6) is 5.75 Å². The largest absolute Gasteiger partial charge is 0.507 e. The number of amides is 3. The molecule has 10 rings (SSSR count). The van der Waals surface area contributed by atoms with Crippen LogP contribution in [0.3, 0.4) is 0 Å².